The first-order valence-electron chi connectivity index (χ1n) is 5.52. The lowest BCUT2D eigenvalue weighted by Crippen LogP contribution is -2.27. The van der Waals surface area contributed by atoms with Gasteiger partial charge in [-0.25, -0.2) is 4.39 Å². The number of halogens is 2. The van der Waals surface area contributed by atoms with E-state index in [-0.39, 0.29) is 11.7 Å². The Labute approximate surface area is 109 Å². The molecule has 0 unspecified atom stereocenters. The van der Waals surface area contributed by atoms with Crippen molar-refractivity contribution in [2.75, 3.05) is 13.1 Å². The highest BCUT2D eigenvalue weighted by Crippen LogP contribution is 2.17. The largest absolute Gasteiger partial charge is 0.388 e. The standard InChI is InChI=1S/C12H17BrFN3/c1-2-17(6-5-12(15)16)8-9-7-10(13)3-4-11(9)14/h3-4,7H,2,5-6,8H2,1H3,(H3,15,16). The second-order valence-electron chi connectivity index (χ2n) is 3.88. The molecule has 1 aromatic rings. The summed E-state index contributed by atoms with van der Waals surface area (Å²) in [6, 6.07) is 4.93. The lowest BCUT2D eigenvalue weighted by molar-refractivity contribution is 0.283. The van der Waals surface area contributed by atoms with Gasteiger partial charge in [0.2, 0.25) is 0 Å². The van der Waals surface area contributed by atoms with Gasteiger partial charge in [0.15, 0.2) is 0 Å². The summed E-state index contributed by atoms with van der Waals surface area (Å²) in [5.41, 5.74) is 5.98. The minimum atomic E-state index is -0.200. The summed E-state index contributed by atoms with van der Waals surface area (Å²) >= 11 is 3.33. The summed E-state index contributed by atoms with van der Waals surface area (Å²) in [5.74, 6) is -0.0346. The Morgan fingerprint density at radius 3 is 2.82 bits per heavy atom. The van der Waals surface area contributed by atoms with Crippen LogP contribution in [0.25, 0.3) is 0 Å². The molecule has 0 heterocycles. The second-order valence-corrected chi connectivity index (χ2v) is 4.80. The minimum Gasteiger partial charge on any atom is -0.388 e. The molecule has 0 spiro atoms. The molecule has 0 saturated heterocycles. The first-order valence-corrected chi connectivity index (χ1v) is 6.31. The van der Waals surface area contributed by atoms with Gasteiger partial charge in [0.1, 0.15) is 5.82 Å². The van der Waals surface area contributed by atoms with Crippen molar-refractivity contribution < 1.29 is 4.39 Å². The van der Waals surface area contributed by atoms with Crippen LogP contribution in [0.4, 0.5) is 4.39 Å². The van der Waals surface area contributed by atoms with Crippen LogP contribution in [-0.2, 0) is 6.54 Å². The van der Waals surface area contributed by atoms with E-state index < -0.39 is 0 Å². The summed E-state index contributed by atoms with van der Waals surface area (Å²) in [5, 5.41) is 7.19. The predicted molar refractivity (Wildman–Crippen MR) is 71.6 cm³/mol. The monoisotopic (exact) mass is 301 g/mol. The maximum absolute atomic E-state index is 13.6. The van der Waals surface area contributed by atoms with Crippen LogP contribution in [0, 0.1) is 11.2 Å². The Morgan fingerprint density at radius 1 is 1.53 bits per heavy atom. The number of nitrogens with two attached hydrogens (primary N) is 1. The fraction of sp³-hybridized carbons (Fsp3) is 0.417. The maximum atomic E-state index is 13.6. The Balaban J connectivity index is 2.66. The number of nitrogens with zero attached hydrogens (tertiary/aromatic N) is 1. The van der Waals surface area contributed by atoms with Crippen LogP contribution in [0.15, 0.2) is 22.7 Å². The van der Waals surface area contributed by atoms with Crippen LogP contribution in [-0.4, -0.2) is 23.8 Å². The van der Waals surface area contributed by atoms with E-state index in [0.717, 1.165) is 11.0 Å². The first-order chi connectivity index (χ1) is 8.02. The molecule has 3 N–H and O–H groups in total. The van der Waals surface area contributed by atoms with E-state index in [1.54, 1.807) is 12.1 Å². The first kappa shape index (κ1) is 14.1. The summed E-state index contributed by atoms with van der Waals surface area (Å²) in [6.45, 7) is 4.03. The van der Waals surface area contributed by atoms with Gasteiger partial charge >= 0.3 is 0 Å². The highest BCUT2D eigenvalue weighted by atomic mass is 79.9. The summed E-state index contributed by atoms with van der Waals surface area (Å²) in [6.07, 6.45) is 0.517. The molecular formula is C12H17BrFN3. The summed E-state index contributed by atoms with van der Waals surface area (Å²) in [7, 11) is 0. The normalized spacial score (nSPS) is 10.8. The van der Waals surface area contributed by atoms with Gasteiger partial charge in [-0.1, -0.05) is 22.9 Å². The Bertz CT molecular complexity index is 395. The van der Waals surface area contributed by atoms with E-state index in [2.05, 4.69) is 20.8 Å². The van der Waals surface area contributed by atoms with E-state index in [0.29, 0.717) is 25.1 Å². The van der Waals surface area contributed by atoms with Crippen LogP contribution in [0.3, 0.4) is 0 Å². The van der Waals surface area contributed by atoms with Gasteiger partial charge in [0.25, 0.3) is 0 Å². The van der Waals surface area contributed by atoms with Crippen molar-refractivity contribution in [3.63, 3.8) is 0 Å². The van der Waals surface area contributed by atoms with E-state index in [4.69, 9.17) is 11.1 Å². The number of benzene rings is 1. The Hall–Kier alpha value is -0.940. The highest BCUT2D eigenvalue weighted by Gasteiger charge is 2.08. The van der Waals surface area contributed by atoms with Crippen LogP contribution in [0.2, 0.25) is 0 Å². The molecule has 17 heavy (non-hydrogen) atoms. The third-order valence-corrected chi connectivity index (χ3v) is 3.04. The summed E-state index contributed by atoms with van der Waals surface area (Å²) in [4.78, 5) is 2.06. The zero-order chi connectivity index (χ0) is 12.8. The zero-order valence-electron chi connectivity index (χ0n) is 9.84. The second kappa shape index (κ2) is 6.71. The average molecular weight is 302 g/mol. The number of hydrogen-bond donors (Lipinski definition) is 2. The molecule has 3 nitrogen and oxygen atoms in total. The van der Waals surface area contributed by atoms with Crippen molar-refractivity contribution in [1.29, 1.82) is 5.41 Å². The molecule has 0 radical (unpaired) electrons. The lowest BCUT2D eigenvalue weighted by atomic mass is 10.2. The molecule has 0 fully saturated rings. The topological polar surface area (TPSA) is 53.1 Å². The van der Waals surface area contributed by atoms with Crippen molar-refractivity contribution in [2.45, 2.75) is 19.9 Å². The molecule has 0 aliphatic heterocycles. The van der Waals surface area contributed by atoms with Crippen LogP contribution < -0.4 is 5.73 Å². The van der Waals surface area contributed by atoms with E-state index in [1.165, 1.54) is 6.07 Å². The maximum Gasteiger partial charge on any atom is 0.127 e. The molecule has 0 aliphatic rings. The smallest absolute Gasteiger partial charge is 0.127 e. The summed E-state index contributed by atoms with van der Waals surface area (Å²) < 4.78 is 14.4. The molecular weight excluding hydrogens is 285 g/mol. The van der Waals surface area contributed by atoms with Crippen molar-refractivity contribution in [2.24, 2.45) is 5.73 Å². The van der Waals surface area contributed by atoms with Gasteiger partial charge < -0.3 is 5.73 Å². The van der Waals surface area contributed by atoms with Gasteiger partial charge in [-0.05, 0) is 24.7 Å². The molecule has 94 valence electrons. The van der Waals surface area contributed by atoms with E-state index in [9.17, 15) is 4.39 Å². The van der Waals surface area contributed by atoms with Crippen LogP contribution >= 0.6 is 15.9 Å². The molecule has 0 bridgehead atoms. The van der Waals surface area contributed by atoms with Crippen molar-refractivity contribution in [1.82, 2.24) is 4.90 Å². The molecule has 0 atom stereocenters. The molecule has 0 amide bonds. The van der Waals surface area contributed by atoms with Crippen molar-refractivity contribution >= 4 is 21.8 Å². The third kappa shape index (κ3) is 4.83. The van der Waals surface area contributed by atoms with Gasteiger partial charge in [-0.15, -0.1) is 0 Å². The minimum absolute atomic E-state index is 0.165. The molecule has 0 saturated carbocycles. The molecule has 0 aliphatic carbocycles. The van der Waals surface area contributed by atoms with Gasteiger partial charge in [-0.3, -0.25) is 10.3 Å². The van der Waals surface area contributed by atoms with E-state index in [1.807, 2.05) is 6.92 Å². The van der Waals surface area contributed by atoms with Gasteiger partial charge in [0, 0.05) is 29.5 Å². The van der Waals surface area contributed by atoms with E-state index >= 15 is 0 Å². The van der Waals surface area contributed by atoms with Crippen molar-refractivity contribution in [3.05, 3.63) is 34.1 Å². The fourth-order valence-corrected chi connectivity index (χ4v) is 1.94. The quantitative estimate of drug-likeness (QED) is 0.627. The fourth-order valence-electron chi connectivity index (χ4n) is 1.53. The number of amidine groups is 1. The Kier molecular flexibility index (Phi) is 5.58. The molecule has 5 heteroatoms. The van der Waals surface area contributed by atoms with Crippen molar-refractivity contribution in [3.8, 4) is 0 Å². The van der Waals surface area contributed by atoms with Crippen LogP contribution in [0.1, 0.15) is 18.9 Å². The average Bonchev–Trinajstić information content (AvgIpc) is 2.28. The van der Waals surface area contributed by atoms with Crippen LogP contribution in [0.5, 0.6) is 0 Å². The highest BCUT2D eigenvalue weighted by molar-refractivity contribution is 9.10. The predicted octanol–water partition coefficient (Wildman–Crippen LogP) is 2.74. The van der Waals surface area contributed by atoms with Gasteiger partial charge in [0.05, 0.1) is 5.84 Å². The zero-order valence-corrected chi connectivity index (χ0v) is 11.4. The van der Waals surface area contributed by atoms with Gasteiger partial charge in [-0.2, -0.15) is 0 Å². The third-order valence-electron chi connectivity index (χ3n) is 2.55. The lowest BCUT2D eigenvalue weighted by Gasteiger charge is -2.20. The Morgan fingerprint density at radius 2 is 2.24 bits per heavy atom. The number of hydrogen-bond acceptors (Lipinski definition) is 2. The number of rotatable bonds is 6. The molecule has 1 rings (SSSR count). The number of nitrogens with one attached hydrogen (secondary N) is 1. The molecule has 0 aromatic heterocycles. The molecule has 1 aromatic carbocycles. The SMILES string of the molecule is CCN(CCC(=N)N)Cc1cc(Br)ccc1F.